The van der Waals surface area contributed by atoms with Gasteiger partial charge in [-0.25, -0.2) is 17.9 Å². The molecule has 0 unspecified atom stereocenters. The third-order valence-corrected chi connectivity index (χ3v) is 4.71. The molecule has 2 atom stereocenters. The monoisotopic (exact) mass is 360 g/mol. The normalized spacial score (nSPS) is 14.2. The zero-order valence-corrected chi connectivity index (χ0v) is 15.0. The fraction of sp³-hybridized carbons (Fsp3) is 0.533. The second kappa shape index (κ2) is 8.97. The molecule has 0 fully saturated rings. The van der Waals surface area contributed by atoms with Crippen LogP contribution >= 0.6 is 0 Å². The van der Waals surface area contributed by atoms with Crippen LogP contribution in [-0.4, -0.2) is 59.0 Å². The number of methoxy groups -OCH3 is 2. The van der Waals surface area contributed by atoms with Crippen LogP contribution in [0.4, 0.5) is 5.69 Å². The van der Waals surface area contributed by atoms with E-state index in [2.05, 4.69) is 10.0 Å². The highest BCUT2D eigenvalue weighted by Crippen LogP contribution is 2.22. The van der Waals surface area contributed by atoms with Crippen LogP contribution in [0.1, 0.15) is 24.2 Å². The number of carbonyl (C=O) groups is 1. The van der Waals surface area contributed by atoms with Crippen molar-refractivity contribution in [2.75, 3.05) is 32.8 Å². The van der Waals surface area contributed by atoms with Gasteiger partial charge in [-0.1, -0.05) is 0 Å². The number of aromatic carboxylic acids is 1. The molecule has 0 aliphatic carbocycles. The van der Waals surface area contributed by atoms with Gasteiger partial charge >= 0.3 is 5.97 Å². The van der Waals surface area contributed by atoms with Crippen LogP contribution in [0.25, 0.3) is 0 Å². The molecule has 0 radical (unpaired) electrons. The SMILES string of the molecule is COC[C@@H](C)Nc1ccc(S(=O)(=O)N[C@@H](C)COC)cc1C(=O)O. The van der Waals surface area contributed by atoms with Gasteiger partial charge in [0.05, 0.1) is 23.7 Å². The molecular formula is C15H24N2O6S. The summed E-state index contributed by atoms with van der Waals surface area (Å²) < 4.78 is 37.0. The van der Waals surface area contributed by atoms with Crippen molar-refractivity contribution >= 4 is 21.7 Å². The Hall–Kier alpha value is -1.68. The molecule has 0 aromatic heterocycles. The molecule has 0 bridgehead atoms. The summed E-state index contributed by atoms with van der Waals surface area (Å²) in [7, 11) is -0.831. The molecule has 0 saturated carbocycles. The fourth-order valence-corrected chi connectivity index (χ4v) is 3.42. The standard InChI is InChI=1S/C15H24N2O6S/c1-10(8-22-3)16-14-6-5-12(7-13(14)15(18)19)24(20,21)17-11(2)9-23-4/h5-7,10-11,16-17H,8-9H2,1-4H3,(H,18,19)/t10-,11+/m1/s1. The van der Waals surface area contributed by atoms with Gasteiger partial charge in [-0.05, 0) is 32.0 Å². The molecule has 1 rings (SSSR count). The quantitative estimate of drug-likeness (QED) is 0.573. The minimum atomic E-state index is -3.84. The van der Waals surface area contributed by atoms with Crippen LogP contribution in [0.15, 0.2) is 23.1 Å². The highest BCUT2D eigenvalue weighted by atomic mass is 32.2. The summed E-state index contributed by atoms with van der Waals surface area (Å²) >= 11 is 0. The molecule has 8 nitrogen and oxygen atoms in total. The maximum Gasteiger partial charge on any atom is 0.337 e. The van der Waals surface area contributed by atoms with Gasteiger partial charge in [0.15, 0.2) is 0 Å². The smallest absolute Gasteiger partial charge is 0.337 e. The number of carboxylic acid groups (broad SMARTS) is 1. The number of rotatable bonds is 10. The van der Waals surface area contributed by atoms with Gasteiger partial charge < -0.3 is 19.9 Å². The molecule has 0 saturated heterocycles. The van der Waals surface area contributed by atoms with Crippen molar-refractivity contribution in [1.29, 1.82) is 0 Å². The minimum Gasteiger partial charge on any atom is -0.478 e. The van der Waals surface area contributed by atoms with E-state index >= 15 is 0 Å². The molecule has 1 aromatic rings. The van der Waals surface area contributed by atoms with Crippen molar-refractivity contribution in [2.24, 2.45) is 0 Å². The summed E-state index contributed by atoms with van der Waals surface area (Å²) in [5.74, 6) is -1.22. The summed E-state index contributed by atoms with van der Waals surface area (Å²) in [4.78, 5) is 11.3. The zero-order chi connectivity index (χ0) is 18.3. The number of sulfonamides is 1. The minimum absolute atomic E-state index is 0.118. The number of hydrogen-bond donors (Lipinski definition) is 3. The second-order valence-electron chi connectivity index (χ2n) is 5.49. The first-order valence-electron chi connectivity index (χ1n) is 7.35. The van der Waals surface area contributed by atoms with Crippen molar-refractivity contribution in [3.63, 3.8) is 0 Å². The van der Waals surface area contributed by atoms with Crippen LogP contribution in [0.3, 0.4) is 0 Å². The van der Waals surface area contributed by atoms with Gasteiger partial charge in [-0.3, -0.25) is 0 Å². The Morgan fingerprint density at radius 3 is 2.29 bits per heavy atom. The molecule has 0 aliphatic rings. The molecule has 24 heavy (non-hydrogen) atoms. The van der Waals surface area contributed by atoms with Crippen molar-refractivity contribution < 1.29 is 27.8 Å². The first-order valence-corrected chi connectivity index (χ1v) is 8.83. The lowest BCUT2D eigenvalue weighted by Gasteiger charge is -2.18. The van der Waals surface area contributed by atoms with E-state index in [0.29, 0.717) is 12.3 Å². The lowest BCUT2D eigenvalue weighted by Crippen LogP contribution is -2.35. The highest BCUT2D eigenvalue weighted by Gasteiger charge is 2.21. The Kier molecular flexibility index (Phi) is 7.61. The van der Waals surface area contributed by atoms with E-state index in [0.717, 1.165) is 6.07 Å². The highest BCUT2D eigenvalue weighted by molar-refractivity contribution is 7.89. The summed E-state index contributed by atoms with van der Waals surface area (Å²) in [6.07, 6.45) is 0. The number of ether oxygens (including phenoxy) is 2. The van der Waals surface area contributed by atoms with E-state index in [1.807, 2.05) is 6.92 Å². The first kappa shape index (κ1) is 20.4. The van der Waals surface area contributed by atoms with E-state index in [9.17, 15) is 18.3 Å². The Morgan fingerprint density at radius 2 is 1.75 bits per heavy atom. The van der Waals surface area contributed by atoms with E-state index in [1.165, 1.54) is 19.2 Å². The van der Waals surface area contributed by atoms with Gasteiger partial charge in [-0.2, -0.15) is 0 Å². The number of benzene rings is 1. The predicted octanol–water partition coefficient (Wildman–Crippen LogP) is 1.14. The molecule has 0 heterocycles. The number of anilines is 1. The summed E-state index contributed by atoms with van der Waals surface area (Å²) in [6.45, 7) is 4.07. The number of nitrogens with one attached hydrogen (secondary N) is 2. The van der Waals surface area contributed by atoms with Crippen molar-refractivity contribution in [3.05, 3.63) is 23.8 Å². The Morgan fingerprint density at radius 1 is 1.17 bits per heavy atom. The molecule has 3 N–H and O–H groups in total. The van der Waals surface area contributed by atoms with Crippen molar-refractivity contribution in [2.45, 2.75) is 30.8 Å². The van der Waals surface area contributed by atoms with Crippen LogP contribution in [0, 0.1) is 0 Å². The van der Waals surface area contributed by atoms with Crippen LogP contribution < -0.4 is 10.0 Å². The van der Waals surface area contributed by atoms with Crippen LogP contribution in [0.5, 0.6) is 0 Å². The fourth-order valence-electron chi connectivity index (χ4n) is 2.17. The third kappa shape index (κ3) is 5.75. The average molecular weight is 360 g/mol. The molecule has 9 heteroatoms. The summed E-state index contributed by atoms with van der Waals surface area (Å²) in [5, 5.41) is 12.3. The van der Waals surface area contributed by atoms with E-state index in [4.69, 9.17) is 9.47 Å². The lowest BCUT2D eigenvalue weighted by atomic mass is 10.1. The maximum absolute atomic E-state index is 12.3. The first-order chi connectivity index (χ1) is 11.2. The largest absolute Gasteiger partial charge is 0.478 e. The molecule has 136 valence electrons. The van der Waals surface area contributed by atoms with Gasteiger partial charge in [0.2, 0.25) is 10.0 Å². The molecular weight excluding hydrogens is 336 g/mol. The summed E-state index contributed by atoms with van der Waals surface area (Å²) in [5.41, 5.74) is 0.205. The molecule has 0 amide bonds. The predicted molar refractivity (Wildman–Crippen MR) is 90.0 cm³/mol. The van der Waals surface area contributed by atoms with Crippen LogP contribution in [-0.2, 0) is 19.5 Å². The Labute approximate surface area is 142 Å². The van der Waals surface area contributed by atoms with Gasteiger partial charge in [0.25, 0.3) is 0 Å². The topological polar surface area (TPSA) is 114 Å². The van der Waals surface area contributed by atoms with Crippen molar-refractivity contribution in [3.8, 4) is 0 Å². The van der Waals surface area contributed by atoms with E-state index < -0.39 is 22.0 Å². The lowest BCUT2D eigenvalue weighted by molar-refractivity contribution is 0.0697. The number of carboxylic acids is 1. The Bertz CT molecular complexity index is 662. The molecule has 0 spiro atoms. The van der Waals surface area contributed by atoms with Crippen LogP contribution in [0.2, 0.25) is 0 Å². The van der Waals surface area contributed by atoms with Gasteiger partial charge in [0, 0.05) is 32.0 Å². The second-order valence-corrected chi connectivity index (χ2v) is 7.20. The Balaban J connectivity index is 3.11. The number of hydrogen-bond acceptors (Lipinski definition) is 6. The summed E-state index contributed by atoms with van der Waals surface area (Å²) in [6, 6.07) is 3.36. The average Bonchev–Trinajstić information content (AvgIpc) is 2.47. The third-order valence-electron chi connectivity index (χ3n) is 3.12. The van der Waals surface area contributed by atoms with Gasteiger partial charge in [-0.15, -0.1) is 0 Å². The van der Waals surface area contributed by atoms with E-state index in [-0.39, 0.29) is 23.1 Å². The van der Waals surface area contributed by atoms with Crippen molar-refractivity contribution in [1.82, 2.24) is 4.72 Å². The van der Waals surface area contributed by atoms with E-state index in [1.54, 1.807) is 14.0 Å². The zero-order valence-electron chi connectivity index (χ0n) is 14.2. The molecule has 0 aliphatic heterocycles. The molecule has 1 aromatic carbocycles. The van der Waals surface area contributed by atoms with Gasteiger partial charge in [0.1, 0.15) is 0 Å². The maximum atomic E-state index is 12.3.